The molecule has 1 aromatic rings. The third-order valence-electron chi connectivity index (χ3n) is 5.31. The summed E-state index contributed by atoms with van der Waals surface area (Å²) in [5.41, 5.74) is 12.7. The van der Waals surface area contributed by atoms with Gasteiger partial charge in [0.15, 0.2) is 5.37 Å². The van der Waals surface area contributed by atoms with Gasteiger partial charge in [-0.15, -0.1) is 0 Å². The minimum atomic E-state index is -4.12. The van der Waals surface area contributed by atoms with Gasteiger partial charge in [-0.25, -0.2) is 8.42 Å². The minimum absolute atomic E-state index is 0.0281. The number of anilines is 1. The zero-order chi connectivity index (χ0) is 19.8. The first-order valence-corrected chi connectivity index (χ1v) is 10.7. The van der Waals surface area contributed by atoms with Crippen molar-refractivity contribution in [2.75, 3.05) is 18.4 Å². The van der Waals surface area contributed by atoms with Gasteiger partial charge >= 0.3 is 0 Å². The van der Waals surface area contributed by atoms with Crippen LogP contribution in [0.5, 0.6) is 0 Å². The number of hydrogen-bond acceptors (Lipinski definition) is 6. The van der Waals surface area contributed by atoms with Crippen LogP contribution in [0, 0.1) is 5.92 Å². The van der Waals surface area contributed by atoms with E-state index >= 15 is 0 Å². The predicted molar refractivity (Wildman–Crippen MR) is 102 cm³/mol. The maximum Gasteiger partial charge on any atom is 0.256 e. The Bertz CT molecular complexity index is 855. The maximum atomic E-state index is 13.1. The predicted octanol–water partition coefficient (Wildman–Crippen LogP) is 0.216. The van der Waals surface area contributed by atoms with E-state index in [2.05, 4.69) is 12.2 Å². The smallest absolute Gasteiger partial charge is 0.256 e. The number of hydrogen-bond donors (Lipinski definition) is 3. The summed E-state index contributed by atoms with van der Waals surface area (Å²) in [7, 11) is -4.12. The molecule has 0 aromatic heterocycles. The van der Waals surface area contributed by atoms with Gasteiger partial charge in [-0.3, -0.25) is 9.59 Å². The lowest BCUT2D eigenvalue weighted by Gasteiger charge is -2.35. The number of primary amides is 1. The molecule has 2 heterocycles. The molecule has 1 saturated heterocycles. The standard InChI is InChI=1S/C18H26N4O4S/c1-11-9-12-5-4-7-14(15(12)21-10-11)27(25,26)17(20)18(24)22-8-3-2-6-13(22)16(19)23/h4-5,7,11,13,17,21H,2-3,6,8-10,20H2,1H3,(H2,19,23). The number of likely N-dealkylation sites (tertiary alicyclic amines) is 1. The fourth-order valence-corrected chi connectivity index (χ4v) is 5.26. The second kappa shape index (κ2) is 7.47. The van der Waals surface area contributed by atoms with Crippen LogP contribution in [0.4, 0.5) is 5.69 Å². The van der Waals surface area contributed by atoms with Crippen molar-refractivity contribution >= 4 is 27.3 Å². The van der Waals surface area contributed by atoms with Crippen molar-refractivity contribution in [1.29, 1.82) is 0 Å². The van der Waals surface area contributed by atoms with Gasteiger partial charge in [0.05, 0.1) is 10.6 Å². The molecule has 3 atom stereocenters. The number of fused-ring (bicyclic) bond motifs is 1. The van der Waals surface area contributed by atoms with Gasteiger partial charge in [0.1, 0.15) is 6.04 Å². The van der Waals surface area contributed by atoms with Gasteiger partial charge in [-0.2, -0.15) is 0 Å². The van der Waals surface area contributed by atoms with Crippen LogP contribution in [-0.2, 0) is 25.8 Å². The number of sulfone groups is 1. The number of rotatable bonds is 4. The summed E-state index contributed by atoms with van der Waals surface area (Å²) in [6, 6.07) is 4.19. The highest BCUT2D eigenvalue weighted by Gasteiger charge is 2.40. The molecule has 8 nitrogen and oxygen atoms in total. The van der Waals surface area contributed by atoms with E-state index < -0.39 is 33.1 Å². The molecule has 1 fully saturated rings. The normalized spacial score (nSPS) is 23.9. The van der Waals surface area contributed by atoms with Gasteiger partial charge < -0.3 is 21.7 Å². The summed E-state index contributed by atoms with van der Waals surface area (Å²) in [6.07, 6.45) is 2.62. The number of nitrogens with zero attached hydrogens (tertiary/aromatic N) is 1. The molecule has 2 amide bonds. The molecule has 5 N–H and O–H groups in total. The lowest BCUT2D eigenvalue weighted by Crippen LogP contribution is -2.56. The average molecular weight is 394 g/mol. The van der Waals surface area contributed by atoms with Gasteiger partial charge in [0.2, 0.25) is 15.7 Å². The summed E-state index contributed by atoms with van der Waals surface area (Å²) >= 11 is 0. The van der Waals surface area contributed by atoms with E-state index in [1.54, 1.807) is 6.07 Å². The van der Waals surface area contributed by atoms with Crippen molar-refractivity contribution in [3.05, 3.63) is 23.8 Å². The first kappa shape index (κ1) is 19.6. The SMILES string of the molecule is CC1CNc2c(cccc2S(=O)(=O)C(N)C(=O)N2CCCCC2C(N)=O)C1. The van der Waals surface area contributed by atoms with Crippen LogP contribution in [0.1, 0.15) is 31.7 Å². The van der Waals surface area contributed by atoms with Crippen molar-refractivity contribution < 1.29 is 18.0 Å². The van der Waals surface area contributed by atoms with E-state index in [0.717, 1.165) is 18.4 Å². The number of carbonyl (C=O) groups is 2. The highest BCUT2D eigenvalue weighted by molar-refractivity contribution is 7.93. The molecule has 0 aliphatic carbocycles. The summed E-state index contributed by atoms with van der Waals surface area (Å²) in [5, 5.41) is 1.38. The second-order valence-electron chi connectivity index (χ2n) is 7.39. The van der Waals surface area contributed by atoms with E-state index in [4.69, 9.17) is 11.5 Å². The highest BCUT2D eigenvalue weighted by atomic mass is 32.2. The molecule has 2 aliphatic rings. The van der Waals surface area contributed by atoms with Crippen LogP contribution in [0.3, 0.4) is 0 Å². The molecule has 3 unspecified atom stereocenters. The van der Waals surface area contributed by atoms with Crippen molar-refractivity contribution in [1.82, 2.24) is 4.90 Å². The summed E-state index contributed by atoms with van der Waals surface area (Å²) in [6.45, 7) is 3.00. The number of piperidine rings is 1. The number of carbonyl (C=O) groups excluding carboxylic acids is 2. The van der Waals surface area contributed by atoms with Crippen molar-refractivity contribution in [3.63, 3.8) is 0 Å². The molecule has 0 spiro atoms. The van der Waals surface area contributed by atoms with Crippen LogP contribution in [0.15, 0.2) is 23.1 Å². The van der Waals surface area contributed by atoms with Gasteiger partial charge in [0, 0.05) is 13.1 Å². The summed E-state index contributed by atoms with van der Waals surface area (Å²) in [4.78, 5) is 25.8. The van der Waals surface area contributed by atoms with E-state index in [1.165, 1.54) is 11.0 Å². The molecule has 0 radical (unpaired) electrons. The molecule has 1 aromatic carbocycles. The minimum Gasteiger partial charge on any atom is -0.383 e. The Morgan fingerprint density at radius 2 is 2.04 bits per heavy atom. The van der Waals surface area contributed by atoms with Crippen LogP contribution >= 0.6 is 0 Å². The van der Waals surface area contributed by atoms with E-state index in [-0.39, 0.29) is 11.4 Å². The van der Waals surface area contributed by atoms with E-state index in [9.17, 15) is 18.0 Å². The Labute approximate surface area is 159 Å². The Balaban J connectivity index is 1.92. The number of nitrogens with one attached hydrogen (secondary N) is 1. The van der Waals surface area contributed by atoms with Crippen LogP contribution in [-0.4, -0.2) is 49.6 Å². The van der Waals surface area contributed by atoms with E-state index in [0.29, 0.717) is 31.0 Å². The fourth-order valence-electron chi connectivity index (χ4n) is 3.83. The molecule has 148 valence electrons. The Kier molecular flexibility index (Phi) is 5.43. The summed E-state index contributed by atoms with van der Waals surface area (Å²) < 4.78 is 26.2. The molecular formula is C18H26N4O4S. The fraction of sp³-hybridized carbons (Fsp3) is 0.556. The van der Waals surface area contributed by atoms with Gasteiger partial charge in [-0.05, 0) is 43.2 Å². The summed E-state index contributed by atoms with van der Waals surface area (Å²) in [5.74, 6) is -1.03. The van der Waals surface area contributed by atoms with Crippen LogP contribution in [0.25, 0.3) is 0 Å². The quantitative estimate of drug-likeness (QED) is 0.668. The molecule has 0 saturated carbocycles. The maximum absolute atomic E-state index is 13.1. The van der Waals surface area contributed by atoms with Crippen LogP contribution < -0.4 is 16.8 Å². The lowest BCUT2D eigenvalue weighted by atomic mass is 9.96. The number of benzene rings is 1. The Morgan fingerprint density at radius 3 is 2.74 bits per heavy atom. The third-order valence-corrected chi connectivity index (χ3v) is 7.13. The first-order chi connectivity index (χ1) is 12.7. The van der Waals surface area contributed by atoms with Crippen molar-refractivity contribution in [2.45, 2.75) is 48.9 Å². The molecular weight excluding hydrogens is 368 g/mol. The Morgan fingerprint density at radius 1 is 1.30 bits per heavy atom. The number of para-hydroxylation sites is 1. The van der Waals surface area contributed by atoms with Crippen molar-refractivity contribution in [2.24, 2.45) is 17.4 Å². The molecule has 0 bridgehead atoms. The highest BCUT2D eigenvalue weighted by Crippen LogP contribution is 2.33. The molecule has 27 heavy (non-hydrogen) atoms. The zero-order valence-electron chi connectivity index (χ0n) is 15.3. The average Bonchev–Trinajstić information content (AvgIpc) is 2.65. The monoisotopic (exact) mass is 394 g/mol. The Hall–Kier alpha value is -2.13. The lowest BCUT2D eigenvalue weighted by molar-refractivity contribution is -0.140. The van der Waals surface area contributed by atoms with E-state index in [1.807, 2.05) is 6.07 Å². The topological polar surface area (TPSA) is 136 Å². The van der Waals surface area contributed by atoms with Gasteiger partial charge in [0.25, 0.3) is 5.91 Å². The van der Waals surface area contributed by atoms with Crippen molar-refractivity contribution in [3.8, 4) is 0 Å². The van der Waals surface area contributed by atoms with Crippen LogP contribution in [0.2, 0.25) is 0 Å². The van der Waals surface area contributed by atoms with Gasteiger partial charge in [-0.1, -0.05) is 19.1 Å². The number of amides is 2. The largest absolute Gasteiger partial charge is 0.383 e. The third kappa shape index (κ3) is 3.66. The molecule has 3 rings (SSSR count). The zero-order valence-corrected chi connectivity index (χ0v) is 16.2. The molecule has 9 heteroatoms. The number of nitrogens with two attached hydrogens (primary N) is 2. The first-order valence-electron chi connectivity index (χ1n) is 9.18. The molecule has 2 aliphatic heterocycles. The second-order valence-corrected chi connectivity index (χ2v) is 9.43.